The van der Waals surface area contributed by atoms with Crippen molar-refractivity contribution >= 4 is 27.3 Å². The zero-order valence-electron chi connectivity index (χ0n) is 15.4. The second-order valence-electron chi connectivity index (χ2n) is 6.42. The van der Waals surface area contributed by atoms with E-state index in [1.807, 2.05) is 24.3 Å². The summed E-state index contributed by atoms with van der Waals surface area (Å²) in [6, 6.07) is 13.5. The average molecular weight is 389 g/mol. The molecule has 0 aliphatic carbocycles. The Morgan fingerprint density at radius 3 is 2.37 bits per heavy atom. The number of rotatable bonds is 5. The number of carbonyl (C=O) groups excluding carboxylic acids is 1. The summed E-state index contributed by atoms with van der Waals surface area (Å²) < 4.78 is 30.7. The lowest BCUT2D eigenvalue weighted by molar-refractivity contribution is 0.102. The molecule has 2 aromatic rings. The van der Waals surface area contributed by atoms with Crippen LogP contribution < -0.4 is 10.2 Å². The van der Waals surface area contributed by atoms with Crippen LogP contribution in [-0.2, 0) is 14.8 Å². The molecule has 1 fully saturated rings. The predicted molar refractivity (Wildman–Crippen MR) is 105 cm³/mol. The van der Waals surface area contributed by atoms with E-state index in [1.165, 1.54) is 38.4 Å². The summed E-state index contributed by atoms with van der Waals surface area (Å²) in [5, 5.41) is 2.86. The molecule has 0 saturated carbocycles. The Kier molecular flexibility index (Phi) is 5.79. The lowest BCUT2D eigenvalue weighted by Gasteiger charge is -2.29. The van der Waals surface area contributed by atoms with E-state index < -0.39 is 10.0 Å². The Labute approximate surface area is 159 Å². The monoisotopic (exact) mass is 389 g/mol. The van der Waals surface area contributed by atoms with E-state index in [1.54, 1.807) is 0 Å². The molecule has 0 bridgehead atoms. The third-order valence-electron chi connectivity index (χ3n) is 4.38. The van der Waals surface area contributed by atoms with Crippen molar-refractivity contribution in [2.75, 3.05) is 50.6 Å². The van der Waals surface area contributed by atoms with Gasteiger partial charge in [-0.2, -0.15) is 0 Å². The van der Waals surface area contributed by atoms with Crippen LogP contribution in [0.15, 0.2) is 53.4 Å². The first-order valence-corrected chi connectivity index (χ1v) is 10.1. The van der Waals surface area contributed by atoms with Gasteiger partial charge in [-0.15, -0.1) is 0 Å². The summed E-state index contributed by atoms with van der Waals surface area (Å²) in [7, 11) is -0.571. The third-order valence-corrected chi connectivity index (χ3v) is 6.20. The van der Waals surface area contributed by atoms with Gasteiger partial charge in [-0.25, -0.2) is 12.7 Å². The van der Waals surface area contributed by atoms with Crippen molar-refractivity contribution in [3.63, 3.8) is 0 Å². The summed E-state index contributed by atoms with van der Waals surface area (Å²) in [6.07, 6.45) is 0. The molecular formula is C19H23N3O4S. The molecule has 0 radical (unpaired) electrons. The molecule has 0 atom stereocenters. The van der Waals surface area contributed by atoms with Gasteiger partial charge in [-0.1, -0.05) is 6.07 Å². The Morgan fingerprint density at radius 2 is 1.74 bits per heavy atom. The number of benzene rings is 2. The van der Waals surface area contributed by atoms with Gasteiger partial charge < -0.3 is 15.0 Å². The van der Waals surface area contributed by atoms with E-state index in [9.17, 15) is 13.2 Å². The van der Waals surface area contributed by atoms with Crippen molar-refractivity contribution in [1.29, 1.82) is 0 Å². The number of anilines is 2. The molecular weight excluding hydrogens is 366 g/mol. The minimum Gasteiger partial charge on any atom is -0.378 e. The van der Waals surface area contributed by atoms with E-state index in [0.717, 1.165) is 23.1 Å². The molecule has 0 spiro atoms. The fourth-order valence-electron chi connectivity index (χ4n) is 2.79. The van der Waals surface area contributed by atoms with Crippen molar-refractivity contribution in [1.82, 2.24) is 4.31 Å². The number of amides is 1. The topological polar surface area (TPSA) is 79.0 Å². The summed E-state index contributed by atoms with van der Waals surface area (Å²) in [6.45, 7) is 3.02. The molecule has 1 N–H and O–H groups in total. The van der Waals surface area contributed by atoms with Gasteiger partial charge in [0.25, 0.3) is 5.91 Å². The smallest absolute Gasteiger partial charge is 0.255 e. The number of sulfonamides is 1. The maximum Gasteiger partial charge on any atom is 0.255 e. The first kappa shape index (κ1) is 19.3. The predicted octanol–water partition coefficient (Wildman–Crippen LogP) is 2.03. The number of nitrogens with zero attached hydrogens (tertiary/aromatic N) is 2. The summed E-state index contributed by atoms with van der Waals surface area (Å²) >= 11 is 0. The lowest BCUT2D eigenvalue weighted by Crippen LogP contribution is -2.36. The Bertz CT molecular complexity index is 905. The van der Waals surface area contributed by atoms with Crippen LogP contribution in [-0.4, -0.2) is 59.0 Å². The molecule has 3 rings (SSSR count). The molecule has 144 valence electrons. The molecule has 8 heteroatoms. The highest BCUT2D eigenvalue weighted by Crippen LogP contribution is 2.21. The number of nitrogens with one attached hydrogen (secondary N) is 1. The fraction of sp³-hybridized carbons (Fsp3) is 0.316. The van der Waals surface area contributed by atoms with Gasteiger partial charge in [-0.3, -0.25) is 4.79 Å². The minimum atomic E-state index is -3.51. The van der Waals surface area contributed by atoms with Crippen molar-refractivity contribution in [2.45, 2.75) is 4.90 Å². The first-order valence-electron chi connectivity index (χ1n) is 8.64. The van der Waals surface area contributed by atoms with E-state index in [4.69, 9.17) is 4.74 Å². The molecule has 0 aromatic heterocycles. The fourth-order valence-corrected chi connectivity index (χ4v) is 3.70. The molecule has 0 unspecified atom stereocenters. The number of hydrogen-bond acceptors (Lipinski definition) is 5. The highest BCUT2D eigenvalue weighted by Gasteiger charge is 2.18. The van der Waals surface area contributed by atoms with E-state index in [-0.39, 0.29) is 10.8 Å². The van der Waals surface area contributed by atoms with Gasteiger partial charge in [0.1, 0.15) is 0 Å². The van der Waals surface area contributed by atoms with Gasteiger partial charge in [0.05, 0.1) is 18.1 Å². The number of morpholine rings is 1. The van der Waals surface area contributed by atoms with Gasteiger partial charge >= 0.3 is 0 Å². The molecule has 1 aliphatic rings. The van der Waals surface area contributed by atoms with Crippen molar-refractivity contribution in [3.8, 4) is 0 Å². The molecule has 1 amide bonds. The summed E-state index contributed by atoms with van der Waals surface area (Å²) in [5.74, 6) is -0.289. The van der Waals surface area contributed by atoms with Crippen LogP contribution in [0.3, 0.4) is 0 Å². The third kappa shape index (κ3) is 4.47. The maximum absolute atomic E-state index is 12.5. The second kappa shape index (κ2) is 8.08. The number of carbonyl (C=O) groups is 1. The van der Waals surface area contributed by atoms with Crippen LogP contribution >= 0.6 is 0 Å². The zero-order valence-corrected chi connectivity index (χ0v) is 16.2. The van der Waals surface area contributed by atoms with E-state index in [2.05, 4.69) is 10.2 Å². The van der Waals surface area contributed by atoms with E-state index in [0.29, 0.717) is 24.5 Å². The first-order chi connectivity index (χ1) is 12.9. The zero-order chi connectivity index (χ0) is 19.4. The normalized spacial score (nSPS) is 15.0. The summed E-state index contributed by atoms with van der Waals surface area (Å²) in [5.41, 5.74) is 2.11. The Morgan fingerprint density at radius 1 is 1.07 bits per heavy atom. The maximum atomic E-state index is 12.5. The molecule has 2 aromatic carbocycles. The lowest BCUT2D eigenvalue weighted by atomic mass is 10.2. The van der Waals surface area contributed by atoms with E-state index >= 15 is 0 Å². The van der Waals surface area contributed by atoms with Gasteiger partial charge in [0, 0.05) is 44.1 Å². The highest BCUT2D eigenvalue weighted by molar-refractivity contribution is 7.89. The second-order valence-corrected chi connectivity index (χ2v) is 8.57. The number of hydrogen-bond donors (Lipinski definition) is 1. The van der Waals surface area contributed by atoms with Gasteiger partial charge in [0.15, 0.2) is 0 Å². The largest absolute Gasteiger partial charge is 0.378 e. The van der Waals surface area contributed by atoms with Crippen LogP contribution in [0.5, 0.6) is 0 Å². The SMILES string of the molecule is CN(C)S(=O)(=O)c1ccc(C(=O)Nc2cccc(N3CCOCC3)c2)cc1. The summed E-state index contributed by atoms with van der Waals surface area (Å²) in [4.78, 5) is 14.9. The van der Waals surface area contributed by atoms with Crippen molar-refractivity contribution in [2.24, 2.45) is 0 Å². The van der Waals surface area contributed by atoms with Crippen LogP contribution in [0.1, 0.15) is 10.4 Å². The minimum absolute atomic E-state index is 0.151. The van der Waals surface area contributed by atoms with Crippen LogP contribution in [0, 0.1) is 0 Å². The van der Waals surface area contributed by atoms with Crippen molar-refractivity contribution < 1.29 is 17.9 Å². The van der Waals surface area contributed by atoms with Crippen LogP contribution in [0.4, 0.5) is 11.4 Å². The highest BCUT2D eigenvalue weighted by atomic mass is 32.2. The molecule has 1 saturated heterocycles. The molecule has 1 aliphatic heterocycles. The van der Waals surface area contributed by atoms with Crippen LogP contribution in [0.25, 0.3) is 0 Å². The molecule has 7 nitrogen and oxygen atoms in total. The quantitative estimate of drug-likeness (QED) is 0.847. The van der Waals surface area contributed by atoms with Gasteiger partial charge in [-0.05, 0) is 42.5 Å². The average Bonchev–Trinajstić information content (AvgIpc) is 2.69. The molecule has 1 heterocycles. The van der Waals surface area contributed by atoms with Crippen molar-refractivity contribution in [3.05, 3.63) is 54.1 Å². The standard InChI is InChI=1S/C19H23N3O4S/c1-21(2)27(24,25)18-8-6-15(7-9-18)19(23)20-16-4-3-5-17(14-16)22-10-12-26-13-11-22/h3-9,14H,10-13H2,1-2H3,(H,20,23). The number of ether oxygens (including phenoxy) is 1. The molecule has 27 heavy (non-hydrogen) atoms. The van der Waals surface area contributed by atoms with Gasteiger partial charge in [0.2, 0.25) is 10.0 Å². The Hall–Kier alpha value is -2.42. The van der Waals surface area contributed by atoms with Crippen LogP contribution in [0.2, 0.25) is 0 Å². The Balaban J connectivity index is 1.72.